The predicted octanol–water partition coefficient (Wildman–Crippen LogP) is 2.47. The van der Waals surface area contributed by atoms with Gasteiger partial charge in [0.1, 0.15) is 0 Å². The molecule has 0 radical (unpaired) electrons. The average Bonchev–Trinajstić information content (AvgIpc) is 2.80. The molecule has 1 aliphatic rings. The van der Waals surface area contributed by atoms with Crippen LogP contribution in [-0.4, -0.2) is 24.4 Å². The molecule has 102 valence electrons. The zero-order valence-corrected chi connectivity index (χ0v) is 10.9. The van der Waals surface area contributed by atoms with Gasteiger partial charge in [-0.1, -0.05) is 48.5 Å². The highest BCUT2D eigenvalue weighted by atomic mass is 16.6. The number of ether oxygens (including phenoxy) is 1. The summed E-state index contributed by atoms with van der Waals surface area (Å²) in [6.07, 6.45) is -0.906. The van der Waals surface area contributed by atoms with Crippen molar-refractivity contribution in [3.8, 4) is 11.1 Å². The zero-order valence-electron chi connectivity index (χ0n) is 10.9. The molecule has 20 heavy (non-hydrogen) atoms. The van der Waals surface area contributed by atoms with E-state index in [-0.39, 0.29) is 19.3 Å². The minimum Gasteiger partial charge on any atom is -0.436 e. The summed E-state index contributed by atoms with van der Waals surface area (Å²) >= 11 is 0. The van der Waals surface area contributed by atoms with Gasteiger partial charge in [-0.2, -0.15) is 0 Å². The van der Waals surface area contributed by atoms with Crippen LogP contribution in [0.3, 0.4) is 0 Å². The number of carbonyl (C=O) groups excluding carboxylic acids is 1. The van der Waals surface area contributed by atoms with Crippen LogP contribution in [0.25, 0.3) is 11.1 Å². The summed E-state index contributed by atoms with van der Waals surface area (Å²) in [6, 6.07) is 15.8. The SMILES string of the molecule is O=C(NCCO)OC1c2ccccc2-c2ccccc21. The summed E-state index contributed by atoms with van der Waals surface area (Å²) in [6.45, 7) is 0.0851. The van der Waals surface area contributed by atoms with Gasteiger partial charge in [0.2, 0.25) is 0 Å². The molecule has 2 aromatic rings. The molecule has 0 bridgehead atoms. The number of fused-ring (bicyclic) bond motifs is 3. The molecule has 0 spiro atoms. The van der Waals surface area contributed by atoms with E-state index >= 15 is 0 Å². The van der Waals surface area contributed by atoms with E-state index in [9.17, 15) is 4.79 Å². The highest BCUT2D eigenvalue weighted by molar-refractivity contribution is 5.79. The molecule has 0 saturated carbocycles. The van der Waals surface area contributed by atoms with E-state index in [0.29, 0.717) is 0 Å². The van der Waals surface area contributed by atoms with Crippen molar-refractivity contribution in [2.24, 2.45) is 0 Å². The van der Waals surface area contributed by atoms with Gasteiger partial charge in [0.05, 0.1) is 6.61 Å². The Balaban J connectivity index is 1.93. The maximum Gasteiger partial charge on any atom is 0.408 e. The lowest BCUT2D eigenvalue weighted by molar-refractivity contribution is 0.116. The fourth-order valence-electron chi connectivity index (χ4n) is 2.54. The normalized spacial score (nSPS) is 12.7. The molecule has 0 aromatic heterocycles. The number of aliphatic hydroxyl groups is 1. The van der Waals surface area contributed by atoms with Crippen LogP contribution in [0.1, 0.15) is 17.2 Å². The van der Waals surface area contributed by atoms with Crippen molar-refractivity contribution in [2.75, 3.05) is 13.2 Å². The Hall–Kier alpha value is -2.33. The van der Waals surface area contributed by atoms with Gasteiger partial charge in [0, 0.05) is 17.7 Å². The molecule has 0 atom stereocenters. The summed E-state index contributed by atoms with van der Waals surface area (Å²) in [5.74, 6) is 0. The molecule has 0 fully saturated rings. The Bertz CT molecular complexity index is 594. The van der Waals surface area contributed by atoms with Crippen molar-refractivity contribution in [1.29, 1.82) is 0 Å². The quantitative estimate of drug-likeness (QED) is 0.900. The minimum absolute atomic E-state index is 0.104. The molecule has 2 aromatic carbocycles. The highest BCUT2D eigenvalue weighted by Crippen LogP contribution is 2.44. The summed E-state index contributed by atoms with van der Waals surface area (Å²) < 4.78 is 5.51. The van der Waals surface area contributed by atoms with Crippen molar-refractivity contribution in [1.82, 2.24) is 5.32 Å². The summed E-state index contributed by atoms with van der Waals surface area (Å²) in [7, 11) is 0. The number of nitrogens with one attached hydrogen (secondary N) is 1. The Kier molecular flexibility index (Phi) is 3.39. The molecule has 4 heteroatoms. The van der Waals surface area contributed by atoms with Crippen LogP contribution in [-0.2, 0) is 4.74 Å². The molecule has 3 rings (SSSR count). The van der Waals surface area contributed by atoms with Crippen molar-refractivity contribution < 1.29 is 14.6 Å². The smallest absolute Gasteiger partial charge is 0.408 e. The lowest BCUT2D eigenvalue weighted by Crippen LogP contribution is -2.28. The van der Waals surface area contributed by atoms with Crippen LogP contribution in [0.4, 0.5) is 4.79 Å². The number of hydrogen-bond donors (Lipinski definition) is 2. The molecular weight excluding hydrogens is 254 g/mol. The maximum atomic E-state index is 11.7. The van der Waals surface area contributed by atoms with E-state index in [1.54, 1.807) is 0 Å². The van der Waals surface area contributed by atoms with E-state index in [1.165, 1.54) is 0 Å². The number of aliphatic hydroxyl groups excluding tert-OH is 1. The van der Waals surface area contributed by atoms with Crippen LogP contribution in [0.5, 0.6) is 0 Å². The first kappa shape index (κ1) is 12.7. The van der Waals surface area contributed by atoms with E-state index in [1.807, 2.05) is 48.5 Å². The average molecular weight is 269 g/mol. The fraction of sp³-hybridized carbons (Fsp3) is 0.188. The lowest BCUT2D eigenvalue weighted by atomic mass is 10.1. The Labute approximate surface area is 117 Å². The number of alkyl carbamates (subject to hydrolysis) is 1. The first-order valence-electron chi connectivity index (χ1n) is 6.55. The van der Waals surface area contributed by atoms with Crippen molar-refractivity contribution in [2.45, 2.75) is 6.10 Å². The van der Waals surface area contributed by atoms with Crippen LogP contribution in [0.2, 0.25) is 0 Å². The molecule has 1 amide bonds. The number of benzene rings is 2. The molecule has 0 unspecified atom stereocenters. The van der Waals surface area contributed by atoms with Crippen molar-refractivity contribution in [3.63, 3.8) is 0 Å². The number of carbonyl (C=O) groups is 1. The molecule has 0 heterocycles. The summed E-state index contributed by atoms with van der Waals surface area (Å²) in [5, 5.41) is 11.2. The second-order valence-corrected chi connectivity index (χ2v) is 4.61. The zero-order chi connectivity index (χ0) is 13.9. The molecular formula is C16H15NO3. The summed E-state index contributed by atoms with van der Waals surface area (Å²) in [4.78, 5) is 11.7. The van der Waals surface area contributed by atoms with Crippen molar-refractivity contribution in [3.05, 3.63) is 59.7 Å². The third-order valence-electron chi connectivity index (χ3n) is 3.38. The minimum atomic E-state index is -0.518. The molecule has 1 aliphatic carbocycles. The second-order valence-electron chi connectivity index (χ2n) is 4.61. The van der Waals surface area contributed by atoms with E-state index < -0.39 is 6.09 Å². The van der Waals surface area contributed by atoms with Crippen LogP contribution in [0.15, 0.2) is 48.5 Å². The third kappa shape index (κ3) is 2.14. The van der Waals surface area contributed by atoms with E-state index in [4.69, 9.17) is 9.84 Å². The topological polar surface area (TPSA) is 58.6 Å². The largest absolute Gasteiger partial charge is 0.436 e. The molecule has 2 N–H and O–H groups in total. The lowest BCUT2D eigenvalue weighted by Gasteiger charge is -2.15. The molecule has 0 saturated heterocycles. The fourth-order valence-corrected chi connectivity index (χ4v) is 2.54. The molecule has 0 aliphatic heterocycles. The second kappa shape index (κ2) is 5.35. The van der Waals surface area contributed by atoms with Gasteiger partial charge in [-0.3, -0.25) is 0 Å². The van der Waals surface area contributed by atoms with Crippen molar-refractivity contribution >= 4 is 6.09 Å². The Morgan fingerprint density at radius 3 is 2.15 bits per heavy atom. The van der Waals surface area contributed by atoms with Gasteiger partial charge >= 0.3 is 6.09 Å². The standard InChI is InChI=1S/C16H15NO3/c18-10-9-17-16(19)20-15-13-7-3-1-5-11(13)12-6-2-4-8-14(12)15/h1-8,15,18H,9-10H2,(H,17,19). The van der Waals surface area contributed by atoms with Crippen LogP contribution in [0, 0.1) is 0 Å². The van der Waals surface area contributed by atoms with Gasteiger partial charge in [0.25, 0.3) is 0 Å². The van der Waals surface area contributed by atoms with Gasteiger partial charge in [-0.05, 0) is 11.1 Å². The first-order valence-corrected chi connectivity index (χ1v) is 6.55. The predicted molar refractivity (Wildman–Crippen MR) is 75.3 cm³/mol. The van der Waals surface area contributed by atoms with Gasteiger partial charge in [0.15, 0.2) is 6.10 Å². The van der Waals surface area contributed by atoms with Crippen LogP contribution < -0.4 is 5.32 Å². The van der Waals surface area contributed by atoms with Gasteiger partial charge < -0.3 is 15.2 Å². The van der Waals surface area contributed by atoms with E-state index in [2.05, 4.69) is 5.32 Å². The number of amides is 1. The maximum absolute atomic E-state index is 11.7. The Morgan fingerprint density at radius 1 is 1.05 bits per heavy atom. The summed E-state index contributed by atoms with van der Waals surface area (Å²) in [5.41, 5.74) is 4.19. The molecule has 4 nitrogen and oxygen atoms in total. The monoisotopic (exact) mass is 269 g/mol. The highest BCUT2D eigenvalue weighted by Gasteiger charge is 2.30. The third-order valence-corrected chi connectivity index (χ3v) is 3.38. The van der Waals surface area contributed by atoms with Gasteiger partial charge in [-0.25, -0.2) is 4.79 Å². The Morgan fingerprint density at radius 2 is 1.60 bits per heavy atom. The first-order chi connectivity index (χ1) is 9.81. The van der Waals surface area contributed by atoms with Crippen LogP contribution >= 0.6 is 0 Å². The number of hydrogen-bond acceptors (Lipinski definition) is 3. The van der Waals surface area contributed by atoms with E-state index in [0.717, 1.165) is 22.3 Å². The van der Waals surface area contributed by atoms with Gasteiger partial charge in [-0.15, -0.1) is 0 Å². The number of rotatable bonds is 3.